The molecule has 0 bridgehead atoms. The lowest BCUT2D eigenvalue weighted by Gasteiger charge is -2.40. The van der Waals surface area contributed by atoms with Crippen LogP contribution in [-0.4, -0.2) is 19.0 Å². The molecule has 0 aliphatic carbocycles. The Balaban J connectivity index is 2.41. The maximum atomic E-state index is 11.5. The van der Waals surface area contributed by atoms with Gasteiger partial charge in [0.05, 0.1) is 16.9 Å². The Morgan fingerprint density at radius 3 is 2.72 bits per heavy atom. The van der Waals surface area contributed by atoms with Crippen LogP contribution in [0.4, 0.5) is 11.4 Å². The van der Waals surface area contributed by atoms with Crippen molar-refractivity contribution in [2.45, 2.75) is 26.7 Å². The molecule has 2 rings (SSSR count). The Labute approximate surface area is 108 Å². The summed E-state index contributed by atoms with van der Waals surface area (Å²) in [6.45, 7) is 6.31. The number of carbonyl (C=O) groups is 1. The van der Waals surface area contributed by atoms with Gasteiger partial charge in [-0.1, -0.05) is 19.9 Å². The Kier molecular flexibility index (Phi) is 3.20. The molecule has 1 fully saturated rings. The fourth-order valence-corrected chi connectivity index (χ4v) is 2.73. The monoisotopic (exact) mass is 247 g/mol. The van der Waals surface area contributed by atoms with Crippen LogP contribution in [-0.2, 0) is 0 Å². The molecule has 0 aromatic heterocycles. The van der Waals surface area contributed by atoms with Crippen LogP contribution in [0.25, 0.3) is 0 Å². The first-order valence-corrected chi connectivity index (χ1v) is 6.34. The Bertz CT molecular complexity index is 468. The second-order valence-corrected chi connectivity index (χ2v) is 5.80. The predicted octanol–water partition coefficient (Wildman–Crippen LogP) is 1.99. The fraction of sp³-hybridized carbons (Fsp3) is 0.500. The molecule has 1 aliphatic rings. The third-order valence-electron chi connectivity index (χ3n) is 3.55. The Morgan fingerprint density at radius 1 is 1.39 bits per heavy atom. The van der Waals surface area contributed by atoms with Crippen LogP contribution in [0.1, 0.15) is 37.0 Å². The topological polar surface area (TPSA) is 72.3 Å². The molecule has 0 radical (unpaired) electrons. The number of nitrogens with two attached hydrogens (primary N) is 2. The summed E-state index contributed by atoms with van der Waals surface area (Å²) in [7, 11) is 0. The van der Waals surface area contributed by atoms with Gasteiger partial charge in [-0.3, -0.25) is 4.79 Å². The molecule has 18 heavy (non-hydrogen) atoms. The SMILES string of the molecule is CC1(C)CCCN(c2c(N)cccc2C(N)=O)C1. The van der Waals surface area contributed by atoms with E-state index in [0.29, 0.717) is 11.3 Å². The average Bonchev–Trinajstić information content (AvgIpc) is 2.27. The molecule has 1 aromatic carbocycles. The van der Waals surface area contributed by atoms with Crippen molar-refractivity contribution < 1.29 is 4.79 Å². The van der Waals surface area contributed by atoms with Crippen molar-refractivity contribution in [3.63, 3.8) is 0 Å². The van der Waals surface area contributed by atoms with Crippen LogP contribution in [0.3, 0.4) is 0 Å². The van der Waals surface area contributed by atoms with Crippen LogP contribution < -0.4 is 16.4 Å². The number of nitrogen functional groups attached to an aromatic ring is 1. The standard InChI is InChI=1S/C14H21N3O/c1-14(2)7-4-8-17(9-14)12-10(13(16)18)5-3-6-11(12)15/h3,5-6H,4,7-9,15H2,1-2H3,(H2,16,18). The highest BCUT2D eigenvalue weighted by Gasteiger charge is 2.29. The number of piperidine rings is 1. The van der Waals surface area contributed by atoms with Gasteiger partial charge in [-0.15, -0.1) is 0 Å². The van der Waals surface area contributed by atoms with E-state index < -0.39 is 5.91 Å². The highest BCUT2D eigenvalue weighted by molar-refractivity contribution is 6.01. The molecule has 1 amide bonds. The van der Waals surface area contributed by atoms with E-state index in [1.54, 1.807) is 12.1 Å². The lowest BCUT2D eigenvalue weighted by Crippen LogP contribution is -2.41. The highest BCUT2D eigenvalue weighted by Crippen LogP contribution is 2.35. The van der Waals surface area contributed by atoms with E-state index in [1.165, 1.54) is 6.42 Å². The van der Waals surface area contributed by atoms with Gasteiger partial charge < -0.3 is 16.4 Å². The first kappa shape index (κ1) is 12.7. The lowest BCUT2D eigenvalue weighted by atomic mass is 9.83. The summed E-state index contributed by atoms with van der Waals surface area (Å²) < 4.78 is 0. The molecule has 98 valence electrons. The summed E-state index contributed by atoms with van der Waals surface area (Å²) >= 11 is 0. The van der Waals surface area contributed by atoms with Crippen molar-refractivity contribution in [3.05, 3.63) is 23.8 Å². The van der Waals surface area contributed by atoms with Crippen LogP contribution in [0.15, 0.2) is 18.2 Å². The third kappa shape index (κ3) is 2.42. The number of anilines is 2. The minimum Gasteiger partial charge on any atom is -0.397 e. The Morgan fingerprint density at radius 2 is 2.11 bits per heavy atom. The van der Waals surface area contributed by atoms with Gasteiger partial charge in [0, 0.05) is 13.1 Å². The lowest BCUT2D eigenvalue weighted by molar-refractivity contribution is 0.100. The van der Waals surface area contributed by atoms with Crippen LogP contribution in [0.2, 0.25) is 0 Å². The number of primary amides is 1. The number of hydrogen-bond donors (Lipinski definition) is 2. The third-order valence-corrected chi connectivity index (χ3v) is 3.55. The molecule has 1 saturated heterocycles. The van der Waals surface area contributed by atoms with Crippen LogP contribution >= 0.6 is 0 Å². The fourth-order valence-electron chi connectivity index (χ4n) is 2.73. The molecule has 0 atom stereocenters. The van der Waals surface area contributed by atoms with E-state index >= 15 is 0 Å². The molecule has 4 N–H and O–H groups in total. The number of amides is 1. The molecule has 4 heteroatoms. The van der Waals surface area contributed by atoms with Crippen LogP contribution in [0.5, 0.6) is 0 Å². The molecule has 0 spiro atoms. The molecule has 1 aromatic rings. The van der Waals surface area contributed by atoms with Crippen molar-refractivity contribution in [1.29, 1.82) is 0 Å². The minimum atomic E-state index is -0.416. The zero-order valence-electron chi connectivity index (χ0n) is 11.1. The largest absolute Gasteiger partial charge is 0.397 e. The van der Waals surface area contributed by atoms with Crippen LogP contribution in [0, 0.1) is 5.41 Å². The first-order valence-electron chi connectivity index (χ1n) is 6.34. The number of hydrogen-bond acceptors (Lipinski definition) is 3. The van der Waals surface area contributed by atoms with Gasteiger partial charge in [0.15, 0.2) is 0 Å². The second-order valence-electron chi connectivity index (χ2n) is 5.80. The molecule has 1 heterocycles. The molecule has 1 aliphatic heterocycles. The first-order chi connectivity index (χ1) is 8.41. The minimum absolute atomic E-state index is 0.245. The van der Waals surface area contributed by atoms with E-state index in [9.17, 15) is 4.79 Å². The molecule has 0 unspecified atom stereocenters. The van der Waals surface area contributed by atoms with Gasteiger partial charge in [0.2, 0.25) is 0 Å². The van der Waals surface area contributed by atoms with Gasteiger partial charge in [-0.05, 0) is 30.4 Å². The van der Waals surface area contributed by atoms with Crippen molar-refractivity contribution in [2.24, 2.45) is 11.1 Å². The number of rotatable bonds is 2. The zero-order chi connectivity index (χ0) is 13.3. The summed E-state index contributed by atoms with van der Waals surface area (Å²) in [5.74, 6) is -0.416. The van der Waals surface area contributed by atoms with Gasteiger partial charge in [0.25, 0.3) is 5.91 Å². The van der Waals surface area contributed by atoms with E-state index in [2.05, 4.69) is 18.7 Å². The van der Waals surface area contributed by atoms with Crippen molar-refractivity contribution in [1.82, 2.24) is 0 Å². The molecular weight excluding hydrogens is 226 g/mol. The number of carbonyl (C=O) groups excluding carboxylic acids is 1. The number of nitrogens with zero attached hydrogens (tertiary/aromatic N) is 1. The zero-order valence-corrected chi connectivity index (χ0v) is 11.1. The molecule has 4 nitrogen and oxygen atoms in total. The number of benzene rings is 1. The smallest absolute Gasteiger partial charge is 0.250 e. The summed E-state index contributed by atoms with van der Waals surface area (Å²) in [6.07, 6.45) is 2.31. The summed E-state index contributed by atoms with van der Waals surface area (Å²) in [6, 6.07) is 5.34. The predicted molar refractivity (Wildman–Crippen MR) is 74.6 cm³/mol. The molecular formula is C14H21N3O. The molecule has 0 saturated carbocycles. The summed E-state index contributed by atoms with van der Waals surface area (Å²) in [5.41, 5.74) is 13.7. The normalized spacial score (nSPS) is 18.7. The summed E-state index contributed by atoms with van der Waals surface area (Å²) in [4.78, 5) is 13.7. The second kappa shape index (κ2) is 4.52. The van der Waals surface area contributed by atoms with E-state index in [0.717, 1.165) is 25.2 Å². The maximum Gasteiger partial charge on any atom is 0.250 e. The van der Waals surface area contributed by atoms with Crippen molar-refractivity contribution >= 4 is 17.3 Å². The average molecular weight is 247 g/mol. The van der Waals surface area contributed by atoms with Crippen molar-refractivity contribution in [2.75, 3.05) is 23.7 Å². The summed E-state index contributed by atoms with van der Waals surface area (Å²) in [5, 5.41) is 0. The van der Waals surface area contributed by atoms with Gasteiger partial charge in [-0.25, -0.2) is 0 Å². The van der Waals surface area contributed by atoms with Gasteiger partial charge in [0.1, 0.15) is 0 Å². The van der Waals surface area contributed by atoms with E-state index in [-0.39, 0.29) is 5.41 Å². The van der Waals surface area contributed by atoms with E-state index in [4.69, 9.17) is 11.5 Å². The van der Waals surface area contributed by atoms with Gasteiger partial charge in [-0.2, -0.15) is 0 Å². The highest BCUT2D eigenvalue weighted by atomic mass is 16.1. The van der Waals surface area contributed by atoms with Crippen molar-refractivity contribution in [3.8, 4) is 0 Å². The van der Waals surface area contributed by atoms with Gasteiger partial charge >= 0.3 is 0 Å². The Hall–Kier alpha value is -1.71. The number of para-hydroxylation sites is 1. The quantitative estimate of drug-likeness (QED) is 0.785. The maximum absolute atomic E-state index is 11.5. The van der Waals surface area contributed by atoms with E-state index in [1.807, 2.05) is 6.07 Å².